The van der Waals surface area contributed by atoms with Crippen LogP contribution < -0.4 is 4.90 Å². The van der Waals surface area contributed by atoms with Crippen LogP contribution in [0.5, 0.6) is 0 Å². The summed E-state index contributed by atoms with van der Waals surface area (Å²) in [6, 6.07) is 5.08. The maximum absolute atomic E-state index is 10.7. The van der Waals surface area contributed by atoms with Crippen molar-refractivity contribution in [3.8, 4) is 0 Å². The highest BCUT2D eigenvalue weighted by atomic mass is 35.5. The van der Waals surface area contributed by atoms with Crippen molar-refractivity contribution in [2.24, 2.45) is 7.05 Å². The van der Waals surface area contributed by atoms with Crippen LogP contribution in [0.1, 0.15) is 24.1 Å². The Kier molecular flexibility index (Phi) is 4.72. The van der Waals surface area contributed by atoms with Gasteiger partial charge in [0.1, 0.15) is 5.82 Å². The molecule has 126 valence electrons. The molecule has 2 rings (SSSR count). The average molecular weight is 362 g/mol. The van der Waals surface area contributed by atoms with E-state index in [1.807, 2.05) is 11.6 Å². The van der Waals surface area contributed by atoms with Crippen molar-refractivity contribution < 1.29 is 15.4 Å². The number of carbonyl (C=O) groups is 1. The number of anilines is 1. The van der Waals surface area contributed by atoms with Crippen molar-refractivity contribution in [1.29, 1.82) is 0 Å². The number of carboxylic acid groups (broad SMARTS) is 1. The molecule has 0 saturated carbocycles. The van der Waals surface area contributed by atoms with Gasteiger partial charge in [0, 0.05) is 53.1 Å². The molecule has 0 bridgehead atoms. The van der Waals surface area contributed by atoms with E-state index in [9.17, 15) is 4.79 Å². The molecule has 0 amide bonds. The van der Waals surface area contributed by atoms with Gasteiger partial charge in [0.05, 0.1) is 13.8 Å². The fraction of sp³-hybridized carbons (Fsp3) is 0.500. The molecule has 0 radical (unpaired) electrons. The Labute approximate surface area is 151 Å². The molecule has 0 spiro atoms. The highest BCUT2D eigenvalue weighted by molar-refractivity contribution is 6.18. The van der Waals surface area contributed by atoms with Crippen LogP contribution in [0.4, 0.5) is 5.69 Å². The number of aliphatic carboxylic acids is 1. The summed E-state index contributed by atoms with van der Waals surface area (Å²) in [5.41, 5.74) is 1.82. The minimum absolute atomic E-state index is 0.0585. The molecule has 0 saturated heterocycles. The van der Waals surface area contributed by atoms with Gasteiger partial charge >= 0.3 is 5.97 Å². The van der Waals surface area contributed by atoms with Crippen LogP contribution in [-0.4, -0.2) is 45.4 Å². The zero-order chi connectivity index (χ0) is 20.4. The molecular weight excluding hydrogens is 337 g/mol. The molecule has 1 heterocycles. The highest BCUT2D eigenvalue weighted by Crippen LogP contribution is 2.23. The number of rotatable bonds is 9. The van der Waals surface area contributed by atoms with Gasteiger partial charge in [-0.15, -0.1) is 23.2 Å². The largest absolute Gasteiger partial charge is 0.481 e. The predicted octanol–water partition coefficient (Wildman–Crippen LogP) is 3.26. The number of benzene rings is 1. The van der Waals surface area contributed by atoms with Gasteiger partial charge in [-0.1, -0.05) is 0 Å². The van der Waals surface area contributed by atoms with Gasteiger partial charge < -0.3 is 14.6 Å². The van der Waals surface area contributed by atoms with Gasteiger partial charge in [0.25, 0.3) is 0 Å². The monoisotopic (exact) mass is 361 g/mol. The second kappa shape index (κ2) is 8.41. The van der Waals surface area contributed by atoms with E-state index in [4.69, 9.17) is 33.8 Å². The number of carboxylic acids is 1. The molecule has 1 N–H and O–H groups in total. The summed E-state index contributed by atoms with van der Waals surface area (Å²) in [5.74, 6) is -2.67. The molecule has 0 aliphatic heterocycles. The predicted molar refractivity (Wildman–Crippen MR) is 94.9 cm³/mol. The summed E-state index contributed by atoms with van der Waals surface area (Å²) in [6.07, 6.45) is 1.03. The molecule has 5 nitrogen and oxygen atoms in total. The van der Waals surface area contributed by atoms with Crippen LogP contribution in [0.25, 0.3) is 11.0 Å². The summed E-state index contributed by atoms with van der Waals surface area (Å²) in [5, 5.41) is 8.77. The second-order valence-electron chi connectivity index (χ2n) is 5.05. The van der Waals surface area contributed by atoms with Crippen molar-refractivity contribution in [3.63, 3.8) is 0 Å². The summed E-state index contributed by atoms with van der Waals surface area (Å²) in [4.78, 5) is 16.4. The molecule has 0 aliphatic carbocycles. The van der Waals surface area contributed by atoms with Crippen molar-refractivity contribution in [2.75, 3.05) is 29.7 Å². The Hall–Kier alpha value is -1.46. The number of nitrogens with zero attached hydrogens (tertiary/aromatic N) is 3. The number of hydrogen-bond acceptors (Lipinski definition) is 3. The topological polar surface area (TPSA) is 58.4 Å². The number of halogens is 2. The fourth-order valence-electron chi connectivity index (χ4n) is 2.41. The van der Waals surface area contributed by atoms with Crippen LogP contribution in [0.2, 0.25) is 0 Å². The van der Waals surface area contributed by atoms with E-state index in [-0.39, 0.29) is 18.8 Å². The van der Waals surface area contributed by atoms with Gasteiger partial charge in [-0.25, -0.2) is 4.98 Å². The molecule has 23 heavy (non-hydrogen) atoms. The smallest absolute Gasteiger partial charge is 0.303 e. The third-order valence-corrected chi connectivity index (χ3v) is 3.80. The van der Waals surface area contributed by atoms with Crippen LogP contribution >= 0.6 is 23.2 Å². The fourth-order valence-corrected chi connectivity index (χ4v) is 2.68. The number of aromatic nitrogens is 2. The third-order valence-electron chi connectivity index (χ3n) is 3.55. The van der Waals surface area contributed by atoms with E-state index in [1.54, 1.807) is 18.2 Å². The van der Waals surface area contributed by atoms with E-state index in [0.29, 0.717) is 24.0 Å². The number of imidazole rings is 1. The first-order valence-electron chi connectivity index (χ1n) is 9.18. The number of aryl methyl sites for hydroxylation is 2. The first-order chi connectivity index (χ1) is 12.5. The second-order valence-corrected chi connectivity index (χ2v) is 5.62. The summed E-state index contributed by atoms with van der Waals surface area (Å²) >= 11 is 11.4. The number of alkyl halides is 2. The van der Waals surface area contributed by atoms with Gasteiger partial charge in [-0.05, 0) is 24.6 Å². The van der Waals surface area contributed by atoms with E-state index in [2.05, 4.69) is 4.98 Å². The molecular formula is C16H21Cl2N3O2. The van der Waals surface area contributed by atoms with Gasteiger partial charge in [0.15, 0.2) is 0 Å². The molecule has 2 aromatic rings. The SMILES string of the molecule is [2H]C([2H])(Cl)C([2H])([2H])N(CCCl)c1ccc2c(c1)nc(CCCC(=O)O)n2C. The molecule has 0 unspecified atom stereocenters. The maximum Gasteiger partial charge on any atom is 0.303 e. The van der Waals surface area contributed by atoms with Crippen LogP contribution in [-0.2, 0) is 18.3 Å². The van der Waals surface area contributed by atoms with Crippen molar-refractivity contribution in [2.45, 2.75) is 19.3 Å². The number of hydrogen-bond donors (Lipinski definition) is 1. The van der Waals surface area contributed by atoms with Crippen LogP contribution in [0, 0.1) is 0 Å². The van der Waals surface area contributed by atoms with E-state index >= 15 is 0 Å². The molecule has 0 atom stereocenters. The molecule has 1 aromatic carbocycles. The van der Waals surface area contributed by atoms with Crippen molar-refractivity contribution in [1.82, 2.24) is 9.55 Å². The van der Waals surface area contributed by atoms with Crippen LogP contribution in [0.15, 0.2) is 18.2 Å². The molecule has 1 aromatic heterocycles. The van der Waals surface area contributed by atoms with Gasteiger partial charge in [-0.2, -0.15) is 0 Å². The van der Waals surface area contributed by atoms with E-state index in [0.717, 1.165) is 11.3 Å². The van der Waals surface area contributed by atoms with Gasteiger partial charge in [0.2, 0.25) is 0 Å². The quantitative estimate of drug-likeness (QED) is 0.696. The summed E-state index contributed by atoms with van der Waals surface area (Å²) in [6.45, 7) is -2.43. The number of fused-ring (bicyclic) bond motifs is 1. The highest BCUT2D eigenvalue weighted by Gasteiger charge is 2.11. The first-order valence-corrected chi connectivity index (χ1v) is 8.10. The van der Waals surface area contributed by atoms with Crippen molar-refractivity contribution >= 4 is 45.9 Å². The maximum atomic E-state index is 10.7. The average Bonchev–Trinajstić information content (AvgIpc) is 2.86. The van der Waals surface area contributed by atoms with E-state index in [1.165, 1.54) is 4.90 Å². The van der Waals surface area contributed by atoms with Gasteiger partial charge in [-0.3, -0.25) is 4.79 Å². The Bertz CT molecular complexity index is 824. The minimum Gasteiger partial charge on any atom is -0.481 e. The lowest BCUT2D eigenvalue weighted by atomic mass is 10.2. The van der Waals surface area contributed by atoms with Crippen LogP contribution in [0.3, 0.4) is 0 Å². The molecule has 0 aliphatic rings. The summed E-state index contributed by atoms with van der Waals surface area (Å²) < 4.78 is 33.3. The summed E-state index contributed by atoms with van der Waals surface area (Å²) in [7, 11) is 1.83. The van der Waals surface area contributed by atoms with Crippen molar-refractivity contribution in [3.05, 3.63) is 24.0 Å². The lowest BCUT2D eigenvalue weighted by Gasteiger charge is -2.22. The lowest BCUT2D eigenvalue weighted by Crippen LogP contribution is -2.27. The Morgan fingerprint density at radius 2 is 2.26 bits per heavy atom. The zero-order valence-electron chi connectivity index (χ0n) is 16.7. The Morgan fingerprint density at radius 3 is 2.91 bits per heavy atom. The van der Waals surface area contributed by atoms with E-state index < -0.39 is 18.3 Å². The first kappa shape index (κ1) is 12.9. The third kappa shape index (κ3) is 4.52. The Balaban J connectivity index is 2.39. The normalized spacial score (nSPS) is 14.9. The zero-order valence-corrected chi connectivity index (χ0v) is 14.2. The molecule has 0 fully saturated rings. The Morgan fingerprint density at radius 1 is 1.48 bits per heavy atom. The lowest BCUT2D eigenvalue weighted by molar-refractivity contribution is -0.137. The molecule has 7 heteroatoms. The standard InChI is InChI=1S/C16H21Cl2N3O2/c1-20-14-6-5-12(21(9-7-17)10-8-18)11-13(14)19-15(20)3-2-4-16(22)23/h5-6,11H,2-4,7-10H2,1H3,(H,22,23)/i7D2,9D2. The minimum atomic E-state index is -2.62.